The van der Waals surface area contributed by atoms with E-state index in [-0.39, 0.29) is 16.6 Å². The van der Waals surface area contributed by atoms with Gasteiger partial charge in [0, 0.05) is 11.3 Å². The van der Waals surface area contributed by atoms with Gasteiger partial charge in [0.25, 0.3) is 5.91 Å². The average Bonchev–Trinajstić information content (AvgIpc) is 2.49. The zero-order valence-corrected chi connectivity index (χ0v) is 13.5. The van der Waals surface area contributed by atoms with E-state index in [1.165, 1.54) is 12.1 Å². The van der Waals surface area contributed by atoms with Gasteiger partial charge in [-0.25, -0.2) is 0 Å². The zero-order valence-electron chi connectivity index (χ0n) is 12.7. The van der Waals surface area contributed by atoms with Gasteiger partial charge in [0.2, 0.25) is 0 Å². The lowest BCUT2D eigenvalue weighted by Gasteiger charge is -2.14. The molecule has 0 radical (unpaired) electrons. The molecule has 0 bridgehead atoms. The maximum absolute atomic E-state index is 12.2. The summed E-state index contributed by atoms with van der Waals surface area (Å²) < 4.78 is 0. The Kier molecular flexibility index (Phi) is 5.08. The van der Waals surface area contributed by atoms with Crippen molar-refractivity contribution in [1.82, 2.24) is 5.32 Å². The molecule has 0 aliphatic rings. The van der Waals surface area contributed by atoms with Crippen LogP contribution in [-0.2, 0) is 0 Å². The fourth-order valence-electron chi connectivity index (χ4n) is 2.04. The highest BCUT2D eigenvalue weighted by atomic mass is 32.1. The van der Waals surface area contributed by atoms with Crippen LogP contribution in [-0.4, -0.2) is 17.0 Å². The molecule has 5 nitrogen and oxygen atoms in total. The SMILES string of the molecule is Cc1ccc(C(=O)[O-])cc1NC(=S)NC(=O)c1ccccc1C. The van der Waals surface area contributed by atoms with Crippen LogP contribution in [0.1, 0.15) is 31.8 Å². The van der Waals surface area contributed by atoms with E-state index < -0.39 is 5.97 Å². The second-order valence-corrected chi connectivity index (χ2v) is 5.45. The van der Waals surface area contributed by atoms with E-state index in [2.05, 4.69) is 10.6 Å². The van der Waals surface area contributed by atoms with Crippen molar-refractivity contribution in [2.75, 3.05) is 5.32 Å². The molecule has 118 valence electrons. The third kappa shape index (κ3) is 4.14. The normalized spacial score (nSPS) is 10.0. The van der Waals surface area contributed by atoms with Crippen molar-refractivity contribution < 1.29 is 14.7 Å². The van der Waals surface area contributed by atoms with Crippen LogP contribution in [0, 0.1) is 13.8 Å². The molecular weight excluding hydrogens is 312 g/mol. The number of thiocarbonyl (C=S) groups is 1. The average molecular weight is 327 g/mol. The molecule has 0 aromatic heterocycles. The molecule has 0 spiro atoms. The van der Waals surface area contributed by atoms with Crippen molar-refractivity contribution >= 4 is 34.9 Å². The monoisotopic (exact) mass is 327 g/mol. The summed E-state index contributed by atoms with van der Waals surface area (Å²) >= 11 is 5.12. The zero-order chi connectivity index (χ0) is 17.0. The van der Waals surface area contributed by atoms with Gasteiger partial charge in [-0.15, -0.1) is 0 Å². The summed E-state index contributed by atoms with van der Waals surface area (Å²) in [7, 11) is 0. The molecule has 0 fully saturated rings. The number of carbonyl (C=O) groups is 2. The number of anilines is 1. The number of amides is 1. The van der Waals surface area contributed by atoms with Gasteiger partial charge in [-0.05, 0) is 54.9 Å². The second kappa shape index (κ2) is 7.02. The number of hydrogen-bond donors (Lipinski definition) is 2. The molecule has 0 saturated carbocycles. The summed E-state index contributed by atoms with van der Waals surface area (Å²) in [6.45, 7) is 3.63. The predicted octanol–water partition coefficient (Wildman–Crippen LogP) is 1.79. The predicted molar refractivity (Wildman–Crippen MR) is 90.4 cm³/mol. The Morgan fingerprint density at radius 1 is 1.04 bits per heavy atom. The molecule has 0 heterocycles. The molecule has 0 unspecified atom stereocenters. The Bertz CT molecular complexity index is 787. The summed E-state index contributed by atoms with van der Waals surface area (Å²) in [5.41, 5.74) is 2.69. The first-order valence-corrected chi connectivity index (χ1v) is 7.29. The lowest BCUT2D eigenvalue weighted by molar-refractivity contribution is -0.255. The fraction of sp³-hybridized carbons (Fsp3) is 0.118. The number of nitrogens with one attached hydrogen (secondary N) is 2. The molecule has 2 N–H and O–H groups in total. The molecule has 0 aliphatic heterocycles. The molecule has 0 aliphatic carbocycles. The van der Waals surface area contributed by atoms with E-state index in [1.807, 2.05) is 19.1 Å². The van der Waals surface area contributed by atoms with Crippen LogP contribution in [0.25, 0.3) is 0 Å². The van der Waals surface area contributed by atoms with Gasteiger partial charge >= 0.3 is 0 Å². The first-order valence-electron chi connectivity index (χ1n) is 6.88. The van der Waals surface area contributed by atoms with E-state index in [0.29, 0.717) is 11.3 Å². The highest BCUT2D eigenvalue weighted by molar-refractivity contribution is 7.80. The third-order valence-corrected chi connectivity index (χ3v) is 3.54. The van der Waals surface area contributed by atoms with E-state index in [9.17, 15) is 14.7 Å². The van der Waals surface area contributed by atoms with Crippen molar-refractivity contribution in [2.45, 2.75) is 13.8 Å². The van der Waals surface area contributed by atoms with E-state index in [1.54, 1.807) is 25.1 Å². The largest absolute Gasteiger partial charge is 0.545 e. The molecule has 23 heavy (non-hydrogen) atoms. The third-order valence-electron chi connectivity index (χ3n) is 3.34. The summed E-state index contributed by atoms with van der Waals surface area (Å²) in [6.07, 6.45) is 0. The highest BCUT2D eigenvalue weighted by Crippen LogP contribution is 2.16. The van der Waals surface area contributed by atoms with Crippen molar-refractivity contribution in [3.63, 3.8) is 0 Å². The fourth-order valence-corrected chi connectivity index (χ4v) is 2.24. The maximum Gasteiger partial charge on any atom is 0.257 e. The van der Waals surface area contributed by atoms with Gasteiger partial charge in [0.15, 0.2) is 5.11 Å². The molecule has 2 aromatic rings. The molecule has 1 amide bonds. The second-order valence-electron chi connectivity index (χ2n) is 5.04. The van der Waals surface area contributed by atoms with E-state index in [4.69, 9.17) is 12.2 Å². The molecular formula is C17H15N2O3S-. The molecule has 2 rings (SSSR count). The Balaban J connectivity index is 2.11. The van der Waals surface area contributed by atoms with Gasteiger partial charge in [0.1, 0.15) is 0 Å². The minimum atomic E-state index is -1.28. The van der Waals surface area contributed by atoms with Gasteiger partial charge in [-0.2, -0.15) is 0 Å². The Morgan fingerprint density at radius 2 is 1.74 bits per heavy atom. The van der Waals surface area contributed by atoms with Crippen LogP contribution in [0.5, 0.6) is 0 Å². The highest BCUT2D eigenvalue weighted by Gasteiger charge is 2.11. The summed E-state index contributed by atoms with van der Waals surface area (Å²) in [5, 5.41) is 16.4. The maximum atomic E-state index is 12.2. The lowest BCUT2D eigenvalue weighted by Crippen LogP contribution is -2.34. The van der Waals surface area contributed by atoms with Gasteiger partial charge in [-0.1, -0.05) is 30.3 Å². The van der Waals surface area contributed by atoms with Crippen molar-refractivity contribution in [3.8, 4) is 0 Å². The number of carboxylic acids is 1. The number of carbonyl (C=O) groups excluding carboxylic acids is 2. The van der Waals surface area contributed by atoms with Crippen LogP contribution in [0.4, 0.5) is 5.69 Å². The van der Waals surface area contributed by atoms with Crippen LogP contribution in [0.3, 0.4) is 0 Å². The number of hydrogen-bond acceptors (Lipinski definition) is 4. The summed E-state index contributed by atoms with van der Waals surface area (Å²) in [5.74, 6) is -1.60. The summed E-state index contributed by atoms with van der Waals surface area (Å²) in [4.78, 5) is 23.1. The number of benzene rings is 2. The number of rotatable bonds is 3. The standard InChI is InChI=1S/C17H16N2O3S/c1-10-5-3-4-6-13(10)15(20)19-17(23)18-14-9-12(16(21)22)8-7-11(14)2/h3-9H,1-2H3,(H,21,22)(H2,18,19,20,23)/p-1. The van der Waals surface area contributed by atoms with E-state index in [0.717, 1.165) is 11.1 Å². The first kappa shape index (κ1) is 16.6. The van der Waals surface area contributed by atoms with Crippen molar-refractivity contribution in [3.05, 3.63) is 64.7 Å². The Hall–Kier alpha value is -2.73. The minimum Gasteiger partial charge on any atom is -0.545 e. The van der Waals surface area contributed by atoms with E-state index >= 15 is 0 Å². The number of aryl methyl sites for hydroxylation is 2. The van der Waals surface area contributed by atoms with Gasteiger partial charge in [0.05, 0.1) is 5.97 Å². The van der Waals surface area contributed by atoms with Crippen LogP contribution in [0.2, 0.25) is 0 Å². The Labute approximate surface area is 139 Å². The van der Waals surface area contributed by atoms with Crippen LogP contribution >= 0.6 is 12.2 Å². The molecule has 0 atom stereocenters. The van der Waals surface area contributed by atoms with Crippen molar-refractivity contribution in [2.24, 2.45) is 0 Å². The van der Waals surface area contributed by atoms with Crippen molar-refractivity contribution in [1.29, 1.82) is 0 Å². The molecule has 2 aromatic carbocycles. The molecule has 6 heteroatoms. The van der Waals surface area contributed by atoms with Gasteiger partial charge < -0.3 is 15.2 Å². The number of aromatic carboxylic acids is 1. The minimum absolute atomic E-state index is 0.0335. The van der Waals surface area contributed by atoms with Crippen LogP contribution in [0.15, 0.2) is 42.5 Å². The topological polar surface area (TPSA) is 81.3 Å². The lowest BCUT2D eigenvalue weighted by atomic mass is 10.1. The summed E-state index contributed by atoms with van der Waals surface area (Å²) in [6, 6.07) is 11.7. The smallest absolute Gasteiger partial charge is 0.257 e. The van der Waals surface area contributed by atoms with Crippen LogP contribution < -0.4 is 15.7 Å². The van der Waals surface area contributed by atoms with Gasteiger partial charge in [-0.3, -0.25) is 10.1 Å². The number of carboxylic acid groups (broad SMARTS) is 1. The Morgan fingerprint density at radius 3 is 2.39 bits per heavy atom. The molecule has 0 saturated heterocycles. The quantitative estimate of drug-likeness (QED) is 0.840. The first-order chi connectivity index (χ1) is 10.9.